The summed E-state index contributed by atoms with van der Waals surface area (Å²) in [5.41, 5.74) is 0.690. The van der Waals surface area contributed by atoms with Crippen LogP contribution < -0.4 is 10.1 Å². The van der Waals surface area contributed by atoms with Crippen LogP contribution in [0.2, 0.25) is 0 Å². The molecular formula is C16H16F3NO. The van der Waals surface area contributed by atoms with Crippen LogP contribution in [-0.2, 0) is 0 Å². The van der Waals surface area contributed by atoms with Gasteiger partial charge in [0.15, 0.2) is 17.5 Å². The molecule has 2 rings (SSSR count). The van der Waals surface area contributed by atoms with Crippen molar-refractivity contribution in [1.82, 2.24) is 5.32 Å². The van der Waals surface area contributed by atoms with E-state index < -0.39 is 23.5 Å². The van der Waals surface area contributed by atoms with Crippen molar-refractivity contribution in [2.45, 2.75) is 13.0 Å². The second-order valence-electron chi connectivity index (χ2n) is 4.46. The third-order valence-electron chi connectivity index (χ3n) is 3.19. The Morgan fingerprint density at radius 3 is 2.38 bits per heavy atom. The average molecular weight is 295 g/mol. The van der Waals surface area contributed by atoms with E-state index in [-0.39, 0.29) is 5.56 Å². The molecule has 0 heterocycles. The van der Waals surface area contributed by atoms with Gasteiger partial charge in [-0.05, 0) is 26.1 Å². The minimum absolute atomic E-state index is 0.0311. The van der Waals surface area contributed by atoms with E-state index in [1.807, 2.05) is 6.92 Å². The van der Waals surface area contributed by atoms with Crippen molar-refractivity contribution in [1.29, 1.82) is 0 Å². The molecule has 0 radical (unpaired) electrons. The van der Waals surface area contributed by atoms with Gasteiger partial charge in [0.2, 0.25) is 0 Å². The fourth-order valence-electron chi connectivity index (χ4n) is 2.25. The maximum atomic E-state index is 14.0. The lowest BCUT2D eigenvalue weighted by atomic mass is 9.97. The normalized spacial score (nSPS) is 12.2. The summed E-state index contributed by atoms with van der Waals surface area (Å²) in [6.07, 6.45) is 0. The Morgan fingerprint density at radius 1 is 1.00 bits per heavy atom. The number of nitrogens with one attached hydrogen (secondary N) is 1. The van der Waals surface area contributed by atoms with Crippen molar-refractivity contribution >= 4 is 0 Å². The second kappa shape index (κ2) is 6.63. The minimum Gasteiger partial charge on any atom is -0.494 e. The maximum absolute atomic E-state index is 14.0. The average Bonchev–Trinajstić information content (AvgIpc) is 2.49. The molecule has 0 aromatic heterocycles. The fraction of sp³-hybridized carbons (Fsp3) is 0.250. The Balaban J connectivity index is 2.53. The van der Waals surface area contributed by atoms with Gasteiger partial charge >= 0.3 is 0 Å². The number of rotatable bonds is 5. The lowest BCUT2D eigenvalue weighted by molar-refractivity contribution is 0.333. The van der Waals surface area contributed by atoms with Gasteiger partial charge in [-0.15, -0.1) is 0 Å². The SMILES string of the molecule is CCOc1ccccc1C(NC)c1ccc(F)c(F)c1F. The van der Waals surface area contributed by atoms with Crippen LogP contribution in [0.25, 0.3) is 0 Å². The highest BCUT2D eigenvalue weighted by atomic mass is 19.2. The highest BCUT2D eigenvalue weighted by Crippen LogP contribution is 2.32. The molecule has 0 aliphatic carbocycles. The molecule has 2 aromatic rings. The van der Waals surface area contributed by atoms with Gasteiger partial charge in [-0.25, -0.2) is 13.2 Å². The van der Waals surface area contributed by atoms with Crippen molar-refractivity contribution < 1.29 is 17.9 Å². The quantitative estimate of drug-likeness (QED) is 0.847. The molecule has 5 heteroatoms. The van der Waals surface area contributed by atoms with Gasteiger partial charge < -0.3 is 10.1 Å². The van der Waals surface area contributed by atoms with Gasteiger partial charge in [0.1, 0.15) is 5.75 Å². The Labute approximate surface area is 121 Å². The topological polar surface area (TPSA) is 21.3 Å². The Kier molecular flexibility index (Phi) is 4.85. The third-order valence-corrected chi connectivity index (χ3v) is 3.19. The molecule has 1 atom stereocenters. The predicted octanol–water partition coefficient (Wildman–Crippen LogP) is 3.81. The van der Waals surface area contributed by atoms with Crippen molar-refractivity contribution in [3.8, 4) is 5.75 Å². The summed E-state index contributed by atoms with van der Waals surface area (Å²) in [4.78, 5) is 0. The summed E-state index contributed by atoms with van der Waals surface area (Å²) < 4.78 is 46.0. The van der Waals surface area contributed by atoms with Crippen molar-refractivity contribution in [3.63, 3.8) is 0 Å². The summed E-state index contributed by atoms with van der Waals surface area (Å²) in [6, 6.07) is 8.60. The fourth-order valence-corrected chi connectivity index (χ4v) is 2.25. The van der Waals surface area contributed by atoms with Crippen LogP contribution in [-0.4, -0.2) is 13.7 Å². The standard InChI is InChI=1S/C16H16F3NO/c1-3-21-13-7-5-4-6-10(13)16(20-2)11-8-9-12(17)15(19)14(11)18/h4-9,16,20H,3H2,1-2H3. The summed E-state index contributed by atoms with van der Waals surface area (Å²) in [6.45, 7) is 2.29. The van der Waals surface area contributed by atoms with Crippen LogP contribution >= 0.6 is 0 Å². The summed E-state index contributed by atoms with van der Waals surface area (Å²) >= 11 is 0. The molecule has 2 aromatic carbocycles. The zero-order valence-corrected chi connectivity index (χ0v) is 11.8. The lowest BCUT2D eigenvalue weighted by Crippen LogP contribution is -2.20. The van der Waals surface area contributed by atoms with Crippen LogP contribution in [0.4, 0.5) is 13.2 Å². The van der Waals surface area contributed by atoms with E-state index in [1.54, 1.807) is 31.3 Å². The molecule has 0 spiro atoms. The van der Waals surface area contributed by atoms with E-state index in [2.05, 4.69) is 5.32 Å². The highest BCUT2D eigenvalue weighted by molar-refractivity contribution is 5.42. The first-order valence-corrected chi connectivity index (χ1v) is 6.62. The lowest BCUT2D eigenvalue weighted by Gasteiger charge is -2.21. The highest BCUT2D eigenvalue weighted by Gasteiger charge is 2.23. The van der Waals surface area contributed by atoms with Crippen molar-refractivity contribution in [2.75, 3.05) is 13.7 Å². The molecule has 2 nitrogen and oxygen atoms in total. The second-order valence-corrected chi connectivity index (χ2v) is 4.46. The van der Waals surface area contributed by atoms with E-state index in [4.69, 9.17) is 4.74 Å². The zero-order chi connectivity index (χ0) is 15.4. The van der Waals surface area contributed by atoms with E-state index in [0.29, 0.717) is 17.9 Å². The smallest absolute Gasteiger partial charge is 0.194 e. The van der Waals surface area contributed by atoms with Crippen molar-refractivity contribution in [3.05, 3.63) is 65.0 Å². The molecule has 0 aliphatic rings. The molecule has 0 saturated carbocycles. The number of benzene rings is 2. The van der Waals surface area contributed by atoms with Gasteiger partial charge in [0.25, 0.3) is 0 Å². The molecule has 112 valence electrons. The minimum atomic E-state index is -1.47. The Morgan fingerprint density at radius 2 is 1.71 bits per heavy atom. The van der Waals surface area contributed by atoms with E-state index >= 15 is 0 Å². The van der Waals surface area contributed by atoms with Crippen LogP contribution in [0.3, 0.4) is 0 Å². The van der Waals surface area contributed by atoms with E-state index in [0.717, 1.165) is 6.07 Å². The first-order chi connectivity index (χ1) is 10.1. The zero-order valence-electron chi connectivity index (χ0n) is 11.8. The van der Waals surface area contributed by atoms with Gasteiger partial charge in [0.05, 0.1) is 12.6 Å². The van der Waals surface area contributed by atoms with Gasteiger partial charge in [-0.2, -0.15) is 0 Å². The maximum Gasteiger partial charge on any atom is 0.194 e. The largest absolute Gasteiger partial charge is 0.494 e. The molecule has 1 N–H and O–H groups in total. The molecular weight excluding hydrogens is 279 g/mol. The molecule has 0 saturated heterocycles. The van der Waals surface area contributed by atoms with E-state index in [9.17, 15) is 13.2 Å². The first-order valence-electron chi connectivity index (χ1n) is 6.62. The third kappa shape index (κ3) is 3.03. The number of halogens is 3. The van der Waals surface area contributed by atoms with Gasteiger partial charge in [-0.1, -0.05) is 24.3 Å². The molecule has 0 bridgehead atoms. The van der Waals surface area contributed by atoms with Crippen LogP contribution in [0.15, 0.2) is 36.4 Å². The van der Waals surface area contributed by atoms with Gasteiger partial charge in [0, 0.05) is 11.1 Å². The molecule has 0 aliphatic heterocycles. The summed E-state index contributed by atoms with van der Waals surface area (Å²) in [7, 11) is 1.62. The van der Waals surface area contributed by atoms with Crippen LogP contribution in [0.5, 0.6) is 5.75 Å². The Bertz CT molecular complexity index is 631. The van der Waals surface area contributed by atoms with Crippen molar-refractivity contribution in [2.24, 2.45) is 0 Å². The molecule has 0 fully saturated rings. The van der Waals surface area contributed by atoms with Crippen LogP contribution in [0, 0.1) is 17.5 Å². The number of ether oxygens (including phenoxy) is 1. The Hall–Kier alpha value is -2.01. The number of hydrogen-bond donors (Lipinski definition) is 1. The molecule has 21 heavy (non-hydrogen) atoms. The predicted molar refractivity (Wildman–Crippen MR) is 74.8 cm³/mol. The number of hydrogen-bond acceptors (Lipinski definition) is 2. The first kappa shape index (κ1) is 15.4. The molecule has 1 unspecified atom stereocenters. The number of para-hydroxylation sites is 1. The summed E-state index contributed by atoms with van der Waals surface area (Å²) in [5.74, 6) is -3.30. The van der Waals surface area contributed by atoms with E-state index in [1.165, 1.54) is 6.07 Å². The summed E-state index contributed by atoms with van der Waals surface area (Å²) in [5, 5.41) is 2.91. The van der Waals surface area contributed by atoms with Gasteiger partial charge in [-0.3, -0.25) is 0 Å². The molecule has 0 amide bonds. The monoisotopic (exact) mass is 295 g/mol. The van der Waals surface area contributed by atoms with Crippen LogP contribution in [0.1, 0.15) is 24.1 Å².